The zero-order valence-corrected chi connectivity index (χ0v) is 8.94. The summed E-state index contributed by atoms with van der Waals surface area (Å²) in [6.07, 6.45) is 8.71. The molecule has 0 aromatic rings. The van der Waals surface area contributed by atoms with Gasteiger partial charge in [-0.1, -0.05) is 18.2 Å². The predicted molar refractivity (Wildman–Crippen MR) is 57.3 cm³/mol. The van der Waals surface area contributed by atoms with Crippen LogP contribution in [0.3, 0.4) is 0 Å². The standard InChI is InChI=1S/C12H16O3/c1-2-15-12(14)8-7-10-5-3-4-6-11(13)9-10/h3-6,10H,2,7-9H2,1H3/t10-/m1/s1. The summed E-state index contributed by atoms with van der Waals surface area (Å²) in [6, 6.07) is 0. The Labute approximate surface area is 89.8 Å². The average Bonchev–Trinajstić information content (AvgIpc) is 2.40. The van der Waals surface area contributed by atoms with Crippen molar-refractivity contribution in [3.63, 3.8) is 0 Å². The second kappa shape index (κ2) is 6.17. The quantitative estimate of drug-likeness (QED) is 0.664. The van der Waals surface area contributed by atoms with E-state index in [9.17, 15) is 9.59 Å². The van der Waals surface area contributed by atoms with Crippen molar-refractivity contribution in [2.45, 2.75) is 26.2 Å². The third-order valence-electron chi connectivity index (χ3n) is 2.26. The molecule has 0 saturated carbocycles. The van der Waals surface area contributed by atoms with Crippen LogP contribution in [0.5, 0.6) is 0 Å². The van der Waals surface area contributed by atoms with Crippen molar-refractivity contribution in [1.29, 1.82) is 0 Å². The lowest BCUT2D eigenvalue weighted by atomic mass is 9.98. The van der Waals surface area contributed by atoms with E-state index in [2.05, 4.69) is 0 Å². The molecule has 3 heteroatoms. The second-order valence-electron chi connectivity index (χ2n) is 3.52. The second-order valence-corrected chi connectivity index (χ2v) is 3.52. The molecule has 1 atom stereocenters. The molecule has 0 amide bonds. The molecule has 15 heavy (non-hydrogen) atoms. The minimum Gasteiger partial charge on any atom is -0.466 e. The lowest BCUT2D eigenvalue weighted by molar-refractivity contribution is -0.143. The first kappa shape index (κ1) is 11.7. The summed E-state index contributed by atoms with van der Waals surface area (Å²) in [5.41, 5.74) is 0. The van der Waals surface area contributed by atoms with Crippen LogP contribution in [0.2, 0.25) is 0 Å². The van der Waals surface area contributed by atoms with Crippen molar-refractivity contribution in [3.8, 4) is 0 Å². The summed E-state index contributed by atoms with van der Waals surface area (Å²) >= 11 is 0. The maximum Gasteiger partial charge on any atom is 0.305 e. The SMILES string of the molecule is CCOC(=O)CC[C@H]1C=CC=CC(=O)C1. The van der Waals surface area contributed by atoms with E-state index in [-0.39, 0.29) is 17.7 Å². The molecule has 0 N–H and O–H groups in total. The van der Waals surface area contributed by atoms with E-state index in [1.54, 1.807) is 19.1 Å². The number of hydrogen-bond donors (Lipinski definition) is 0. The van der Waals surface area contributed by atoms with Crippen molar-refractivity contribution < 1.29 is 14.3 Å². The molecule has 0 radical (unpaired) electrons. The average molecular weight is 208 g/mol. The highest BCUT2D eigenvalue weighted by molar-refractivity contribution is 5.90. The number of allylic oxidation sites excluding steroid dienone is 4. The molecule has 1 aliphatic carbocycles. The summed E-state index contributed by atoms with van der Waals surface area (Å²) in [7, 11) is 0. The van der Waals surface area contributed by atoms with E-state index in [0.717, 1.165) is 0 Å². The van der Waals surface area contributed by atoms with Crippen LogP contribution in [-0.2, 0) is 14.3 Å². The van der Waals surface area contributed by atoms with E-state index in [1.807, 2.05) is 12.2 Å². The number of carbonyl (C=O) groups excluding carboxylic acids is 2. The topological polar surface area (TPSA) is 43.4 Å². The highest BCUT2D eigenvalue weighted by Crippen LogP contribution is 2.16. The first-order valence-electron chi connectivity index (χ1n) is 5.25. The zero-order valence-electron chi connectivity index (χ0n) is 8.94. The molecule has 0 bridgehead atoms. The van der Waals surface area contributed by atoms with Crippen LogP contribution in [0, 0.1) is 5.92 Å². The van der Waals surface area contributed by atoms with Crippen molar-refractivity contribution in [2.75, 3.05) is 6.61 Å². The molecule has 0 aliphatic heterocycles. The Hall–Kier alpha value is -1.38. The Morgan fingerprint density at radius 3 is 3.07 bits per heavy atom. The summed E-state index contributed by atoms with van der Waals surface area (Å²) in [4.78, 5) is 22.3. The summed E-state index contributed by atoms with van der Waals surface area (Å²) < 4.78 is 4.83. The minimum absolute atomic E-state index is 0.119. The molecule has 3 nitrogen and oxygen atoms in total. The molecule has 1 aliphatic rings. The van der Waals surface area contributed by atoms with Gasteiger partial charge in [0.1, 0.15) is 0 Å². The lowest BCUT2D eigenvalue weighted by Crippen LogP contribution is -2.09. The monoisotopic (exact) mass is 208 g/mol. The van der Waals surface area contributed by atoms with Crippen LogP contribution < -0.4 is 0 Å². The van der Waals surface area contributed by atoms with E-state index in [1.165, 1.54) is 0 Å². The Morgan fingerprint density at radius 1 is 1.53 bits per heavy atom. The van der Waals surface area contributed by atoms with Gasteiger partial charge in [-0.2, -0.15) is 0 Å². The Morgan fingerprint density at radius 2 is 2.33 bits per heavy atom. The van der Waals surface area contributed by atoms with Gasteiger partial charge in [0, 0.05) is 12.8 Å². The number of hydrogen-bond acceptors (Lipinski definition) is 3. The molecule has 0 aromatic heterocycles. The number of carbonyl (C=O) groups is 2. The van der Waals surface area contributed by atoms with Gasteiger partial charge in [-0.3, -0.25) is 9.59 Å². The third kappa shape index (κ3) is 4.58. The molecule has 0 heterocycles. The first-order chi connectivity index (χ1) is 7.22. The number of esters is 1. The molecule has 0 unspecified atom stereocenters. The van der Waals surface area contributed by atoms with Crippen molar-refractivity contribution in [2.24, 2.45) is 5.92 Å². The maximum absolute atomic E-state index is 11.2. The van der Waals surface area contributed by atoms with Crippen LogP contribution in [0.25, 0.3) is 0 Å². The fourth-order valence-electron chi connectivity index (χ4n) is 1.51. The molecule has 1 rings (SSSR count). The molecule has 82 valence electrons. The number of ether oxygens (including phenoxy) is 1. The van der Waals surface area contributed by atoms with Gasteiger partial charge >= 0.3 is 5.97 Å². The van der Waals surface area contributed by atoms with Crippen LogP contribution in [0.1, 0.15) is 26.2 Å². The minimum atomic E-state index is -0.185. The third-order valence-corrected chi connectivity index (χ3v) is 2.26. The number of ketones is 1. The van der Waals surface area contributed by atoms with E-state index in [0.29, 0.717) is 25.9 Å². The van der Waals surface area contributed by atoms with Gasteiger partial charge in [-0.25, -0.2) is 0 Å². The molecular formula is C12H16O3. The van der Waals surface area contributed by atoms with Crippen molar-refractivity contribution in [3.05, 3.63) is 24.3 Å². The predicted octanol–water partition coefficient (Wildman–Crippen LogP) is 2.03. The van der Waals surface area contributed by atoms with Crippen LogP contribution >= 0.6 is 0 Å². The van der Waals surface area contributed by atoms with Gasteiger partial charge in [0.15, 0.2) is 5.78 Å². The Balaban J connectivity index is 2.32. The van der Waals surface area contributed by atoms with Crippen molar-refractivity contribution >= 4 is 11.8 Å². The fraction of sp³-hybridized carbons (Fsp3) is 0.500. The van der Waals surface area contributed by atoms with E-state index >= 15 is 0 Å². The summed E-state index contributed by atoms with van der Waals surface area (Å²) in [5, 5.41) is 0. The van der Waals surface area contributed by atoms with Gasteiger partial charge in [0.25, 0.3) is 0 Å². The Bertz CT molecular complexity index is 289. The van der Waals surface area contributed by atoms with Gasteiger partial charge < -0.3 is 4.74 Å². The van der Waals surface area contributed by atoms with Gasteiger partial charge in [-0.05, 0) is 25.3 Å². The van der Waals surface area contributed by atoms with Crippen molar-refractivity contribution in [1.82, 2.24) is 0 Å². The summed E-state index contributed by atoms with van der Waals surface area (Å²) in [6.45, 7) is 2.21. The van der Waals surface area contributed by atoms with Crippen LogP contribution in [-0.4, -0.2) is 18.4 Å². The highest BCUT2D eigenvalue weighted by atomic mass is 16.5. The smallest absolute Gasteiger partial charge is 0.305 e. The summed E-state index contributed by atoms with van der Waals surface area (Å²) in [5.74, 6) is 0.0984. The van der Waals surface area contributed by atoms with E-state index < -0.39 is 0 Å². The zero-order chi connectivity index (χ0) is 11.1. The largest absolute Gasteiger partial charge is 0.466 e. The van der Waals surface area contributed by atoms with E-state index in [4.69, 9.17) is 4.74 Å². The Kier molecular flexibility index (Phi) is 4.81. The molecule has 0 saturated heterocycles. The van der Waals surface area contributed by atoms with Gasteiger partial charge in [0.2, 0.25) is 0 Å². The molecule has 0 spiro atoms. The normalized spacial score (nSPS) is 20.1. The lowest BCUT2D eigenvalue weighted by Gasteiger charge is -2.08. The highest BCUT2D eigenvalue weighted by Gasteiger charge is 2.13. The number of rotatable bonds is 4. The maximum atomic E-state index is 11.2. The first-order valence-corrected chi connectivity index (χ1v) is 5.25. The molecular weight excluding hydrogens is 192 g/mol. The van der Waals surface area contributed by atoms with Crippen LogP contribution in [0.4, 0.5) is 0 Å². The molecule has 0 aromatic carbocycles. The van der Waals surface area contributed by atoms with Gasteiger partial charge in [-0.15, -0.1) is 0 Å². The molecule has 0 fully saturated rings. The van der Waals surface area contributed by atoms with Crippen LogP contribution in [0.15, 0.2) is 24.3 Å². The fourth-order valence-corrected chi connectivity index (χ4v) is 1.51. The van der Waals surface area contributed by atoms with Gasteiger partial charge in [0.05, 0.1) is 6.61 Å².